The second-order valence-electron chi connectivity index (χ2n) is 12.5. The highest BCUT2D eigenvalue weighted by Gasteiger charge is 2.33. The van der Waals surface area contributed by atoms with Gasteiger partial charge in [0.25, 0.3) is 0 Å². The van der Waals surface area contributed by atoms with Crippen LogP contribution in [0, 0.1) is 6.92 Å². The van der Waals surface area contributed by atoms with Gasteiger partial charge in [-0.15, -0.1) is 0 Å². The van der Waals surface area contributed by atoms with Gasteiger partial charge in [0.15, 0.2) is 0 Å². The van der Waals surface area contributed by atoms with Gasteiger partial charge in [-0.3, -0.25) is 14.9 Å². The molecule has 2 aliphatic heterocycles. The van der Waals surface area contributed by atoms with Crippen molar-refractivity contribution in [2.75, 3.05) is 79.5 Å². The number of anilines is 6. The molecule has 0 unspecified atom stereocenters. The third kappa shape index (κ3) is 6.92. The minimum atomic E-state index is 0.432. The molecule has 1 saturated carbocycles. The number of rotatable bonds is 10. The van der Waals surface area contributed by atoms with E-state index in [1.54, 1.807) is 37.6 Å². The largest absolute Gasteiger partial charge is 0.479 e. The summed E-state index contributed by atoms with van der Waals surface area (Å²) in [4.78, 5) is 31.2. The van der Waals surface area contributed by atoms with Gasteiger partial charge in [0.2, 0.25) is 11.8 Å². The molecule has 14 heteroatoms. The molecular weight excluding hydrogens is 678 g/mol. The molecule has 3 aromatic heterocycles. The minimum Gasteiger partial charge on any atom is -0.479 e. The molecule has 0 radical (unpaired) electrons. The monoisotopic (exact) mass is 719 g/mol. The van der Waals surface area contributed by atoms with E-state index in [2.05, 4.69) is 81.8 Å². The number of methoxy groups -OCH3 is 1. The molecule has 4 aromatic rings. The highest BCUT2D eigenvalue weighted by atomic mass is 79.9. The number of nitrogens with zero attached hydrogens (tertiary/aromatic N) is 9. The van der Waals surface area contributed by atoms with E-state index in [9.17, 15) is 0 Å². The van der Waals surface area contributed by atoms with Gasteiger partial charge >= 0.3 is 0 Å². The average Bonchev–Trinajstić information content (AvgIpc) is 3.93. The van der Waals surface area contributed by atoms with Gasteiger partial charge in [-0.1, -0.05) is 11.9 Å². The van der Waals surface area contributed by atoms with Gasteiger partial charge < -0.3 is 29.5 Å². The molecule has 1 aliphatic carbocycles. The lowest BCUT2D eigenvalue weighted by atomic mass is 10.0. The molecule has 248 valence electrons. The van der Waals surface area contributed by atoms with Gasteiger partial charge in [-0.2, -0.15) is 9.97 Å². The highest BCUT2D eigenvalue weighted by Crippen LogP contribution is 2.44. The SMILES string of the molecule is COc1nc(N2CCC(N3CCN(C)CC3)CC2)c(C)cc1Nc1ncc(Br)c(Nc2ccc3nccnc3c2N(SC)C2CC2)n1. The first-order valence-electron chi connectivity index (χ1n) is 16.3. The van der Waals surface area contributed by atoms with Gasteiger partial charge in [-0.05, 0) is 79.3 Å². The Morgan fingerprint density at radius 2 is 1.70 bits per heavy atom. The number of likely N-dealkylation sites (N-methyl/N-ethyl adjacent to an activating group) is 1. The molecule has 0 amide bonds. The second kappa shape index (κ2) is 14.0. The quantitative estimate of drug-likeness (QED) is 0.192. The molecule has 7 rings (SSSR count). The number of aromatic nitrogens is 5. The molecule has 0 bridgehead atoms. The number of nitrogens with one attached hydrogen (secondary N) is 2. The Balaban J connectivity index is 1.10. The molecule has 3 aliphatic rings. The first-order valence-corrected chi connectivity index (χ1v) is 18.3. The lowest BCUT2D eigenvalue weighted by Crippen LogP contribution is -2.52. The molecule has 0 spiro atoms. The summed E-state index contributed by atoms with van der Waals surface area (Å²) >= 11 is 5.37. The Morgan fingerprint density at radius 1 is 0.936 bits per heavy atom. The number of piperazine rings is 1. The fourth-order valence-electron chi connectivity index (χ4n) is 6.62. The van der Waals surface area contributed by atoms with Crippen molar-refractivity contribution in [2.45, 2.75) is 44.7 Å². The third-order valence-corrected chi connectivity index (χ3v) is 10.8. The maximum Gasteiger partial charge on any atom is 0.239 e. The van der Waals surface area contributed by atoms with Crippen LogP contribution >= 0.6 is 27.9 Å². The molecule has 5 heterocycles. The average molecular weight is 721 g/mol. The summed E-state index contributed by atoms with van der Waals surface area (Å²) in [5.41, 5.74) is 5.43. The van der Waals surface area contributed by atoms with Crippen LogP contribution in [0.15, 0.2) is 41.3 Å². The number of benzene rings is 1. The van der Waals surface area contributed by atoms with Crippen LogP contribution in [0.1, 0.15) is 31.2 Å². The smallest absolute Gasteiger partial charge is 0.239 e. The van der Waals surface area contributed by atoms with Gasteiger partial charge in [0, 0.05) is 76.2 Å². The lowest BCUT2D eigenvalue weighted by molar-refractivity contribution is 0.0981. The summed E-state index contributed by atoms with van der Waals surface area (Å²) < 4.78 is 8.87. The van der Waals surface area contributed by atoms with Crippen LogP contribution in [0.4, 0.5) is 34.6 Å². The van der Waals surface area contributed by atoms with Crippen LogP contribution < -0.4 is 24.6 Å². The number of ether oxygens (including phenoxy) is 1. The summed E-state index contributed by atoms with van der Waals surface area (Å²) in [5.74, 6) is 2.56. The summed E-state index contributed by atoms with van der Waals surface area (Å²) in [6.07, 6.45) is 11.9. The van der Waals surface area contributed by atoms with Crippen LogP contribution in [-0.4, -0.2) is 106 Å². The molecule has 1 aromatic carbocycles. The number of aryl methyl sites for hydroxylation is 1. The number of fused-ring (bicyclic) bond motifs is 1. The third-order valence-electron chi connectivity index (χ3n) is 9.32. The molecular formula is C33H42BrN11OS. The number of pyridine rings is 1. The summed E-state index contributed by atoms with van der Waals surface area (Å²) in [6.45, 7) is 8.72. The van der Waals surface area contributed by atoms with E-state index in [1.165, 1.54) is 0 Å². The normalized spacial score (nSPS) is 18.0. The van der Waals surface area contributed by atoms with Gasteiger partial charge in [0.05, 0.1) is 28.5 Å². The fourth-order valence-corrected chi connectivity index (χ4v) is 7.79. The van der Waals surface area contributed by atoms with E-state index in [4.69, 9.17) is 19.7 Å². The van der Waals surface area contributed by atoms with Crippen molar-refractivity contribution in [1.82, 2.24) is 34.7 Å². The zero-order valence-electron chi connectivity index (χ0n) is 27.4. The van der Waals surface area contributed by atoms with Crippen LogP contribution in [0.5, 0.6) is 5.88 Å². The Labute approximate surface area is 289 Å². The van der Waals surface area contributed by atoms with Crippen molar-refractivity contribution in [3.63, 3.8) is 0 Å². The van der Waals surface area contributed by atoms with E-state index in [0.717, 1.165) is 109 Å². The number of hydrogen-bond acceptors (Lipinski definition) is 13. The molecule has 0 atom stereocenters. The maximum atomic E-state index is 5.79. The molecule has 47 heavy (non-hydrogen) atoms. The number of halogens is 1. The lowest BCUT2D eigenvalue weighted by Gasteiger charge is -2.42. The molecule has 2 saturated heterocycles. The summed E-state index contributed by atoms with van der Waals surface area (Å²) in [6, 6.07) is 7.24. The van der Waals surface area contributed by atoms with Crippen molar-refractivity contribution in [3.8, 4) is 5.88 Å². The Hall–Kier alpha value is -3.46. The van der Waals surface area contributed by atoms with E-state index < -0.39 is 0 Å². The van der Waals surface area contributed by atoms with Crippen molar-refractivity contribution in [3.05, 3.63) is 46.8 Å². The van der Waals surface area contributed by atoms with Crippen molar-refractivity contribution in [1.29, 1.82) is 0 Å². The van der Waals surface area contributed by atoms with E-state index >= 15 is 0 Å². The zero-order chi connectivity index (χ0) is 32.5. The second-order valence-corrected chi connectivity index (χ2v) is 14.1. The standard InChI is InChI=1S/C33H42BrN11OS/c1-21-19-27(32(46-3)41-31(21)44-13-9-22(10-14-44)43-17-15-42(2)16-18-43)39-33-37-20-24(34)30(40-33)38-26-8-7-25-28(36-12-11-35-25)29(26)45(47-4)23-5-6-23/h7-8,11-12,19-20,22-23H,5-6,9-10,13-18H2,1-4H3,(H2,37,38,39,40). The Kier molecular flexibility index (Phi) is 9.53. The van der Waals surface area contributed by atoms with E-state index in [0.29, 0.717) is 29.7 Å². The predicted molar refractivity (Wildman–Crippen MR) is 195 cm³/mol. The van der Waals surface area contributed by atoms with Crippen molar-refractivity contribution < 1.29 is 4.74 Å². The van der Waals surface area contributed by atoms with Gasteiger partial charge in [0.1, 0.15) is 22.8 Å². The summed E-state index contributed by atoms with van der Waals surface area (Å²) in [5, 5.41) is 6.93. The Morgan fingerprint density at radius 3 is 2.43 bits per heavy atom. The van der Waals surface area contributed by atoms with Crippen LogP contribution in [-0.2, 0) is 0 Å². The maximum absolute atomic E-state index is 5.79. The topological polar surface area (TPSA) is 111 Å². The first-order chi connectivity index (χ1) is 22.9. The molecule has 2 N–H and O–H groups in total. The van der Waals surface area contributed by atoms with Crippen molar-refractivity contribution in [2.24, 2.45) is 0 Å². The summed E-state index contributed by atoms with van der Waals surface area (Å²) in [7, 11) is 3.87. The zero-order valence-corrected chi connectivity index (χ0v) is 29.8. The predicted octanol–water partition coefficient (Wildman–Crippen LogP) is 5.84. The molecule has 3 fully saturated rings. The number of hydrogen-bond donors (Lipinski definition) is 2. The highest BCUT2D eigenvalue weighted by molar-refractivity contribution is 9.10. The van der Waals surface area contributed by atoms with E-state index in [1.807, 2.05) is 12.1 Å². The van der Waals surface area contributed by atoms with Crippen LogP contribution in [0.25, 0.3) is 11.0 Å². The number of piperidine rings is 1. The van der Waals surface area contributed by atoms with Crippen molar-refractivity contribution >= 4 is 73.6 Å². The Bertz CT molecular complexity index is 1720. The van der Waals surface area contributed by atoms with Gasteiger partial charge in [-0.25, -0.2) is 4.98 Å². The first kappa shape index (κ1) is 32.1. The van der Waals surface area contributed by atoms with Crippen LogP contribution in [0.2, 0.25) is 0 Å². The van der Waals surface area contributed by atoms with E-state index in [-0.39, 0.29) is 0 Å². The molecule has 12 nitrogen and oxygen atoms in total. The van der Waals surface area contributed by atoms with Crippen LogP contribution in [0.3, 0.4) is 0 Å². The minimum absolute atomic E-state index is 0.432. The fraction of sp³-hybridized carbons (Fsp3) is 0.485.